The first-order valence-corrected chi connectivity index (χ1v) is 9.49. The predicted molar refractivity (Wildman–Crippen MR) is 105 cm³/mol. The van der Waals surface area contributed by atoms with E-state index < -0.39 is 0 Å². The first-order chi connectivity index (χ1) is 12.5. The van der Waals surface area contributed by atoms with Crippen LogP contribution in [0.4, 0.5) is 0 Å². The van der Waals surface area contributed by atoms with Gasteiger partial charge in [0.1, 0.15) is 5.82 Å². The van der Waals surface area contributed by atoms with Gasteiger partial charge in [-0.15, -0.1) is 10.2 Å². The predicted octanol–water partition coefficient (Wildman–Crippen LogP) is 3.85. The smallest absolute Gasteiger partial charge is 0.230 e. The number of nitrogens with zero attached hydrogens (tertiary/aromatic N) is 3. The highest BCUT2D eigenvalue weighted by molar-refractivity contribution is 7.99. The number of carbonyl (C=O) groups is 1. The SMILES string of the molecule is Cc1ccc(-n2c(C)nnc2SCC(=O)NC(C)c2ccccc2)cc1. The molecule has 0 aliphatic heterocycles. The molecule has 134 valence electrons. The number of carbonyl (C=O) groups excluding carboxylic acids is 1. The van der Waals surface area contributed by atoms with Crippen LogP contribution in [-0.2, 0) is 4.79 Å². The molecule has 0 fully saturated rings. The second-order valence-corrected chi connectivity index (χ2v) is 7.13. The maximum absolute atomic E-state index is 12.3. The number of aryl methyl sites for hydroxylation is 2. The minimum absolute atomic E-state index is 0.0255. The lowest BCUT2D eigenvalue weighted by atomic mass is 10.1. The number of thioether (sulfide) groups is 1. The van der Waals surface area contributed by atoms with Crippen molar-refractivity contribution in [1.29, 1.82) is 0 Å². The summed E-state index contributed by atoms with van der Waals surface area (Å²) < 4.78 is 1.97. The molecule has 1 heterocycles. The Morgan fingerprint density at radius 1 is 1.08 bits per heavy atom. The van der Waals surface area contributed by atoms with Crippen LogP contribution >= 0.6 is 11.8 Å². The van der Waals surface area contributed by atoms with Crippen molar-refractivity contribution in [2.45, 2.75) is 32.0 Å². The summed E-state index contributed by atoms with van der Waals surface area (Å²) in [6.45, 7) is 5.95. The number of amides is 1. The Bertz CT molecular complexity index is 875. The van der Waals surface area contributed by atoms with E-state index in [1.54, 1.807) is 0 Å². The van der Waals surface area contributed by atoms with Crippen molar-refractivity contribution >= 4 is 17.7 Å². The van der Waals surface area contributed by atoms with Gasteiger partial charge in [-0.2, -0.15) is 0 Å². The van der Waals surface area contributed by atoms with Crippen molar-refractivity contribution < 1.29 is 4.79 Å². The molecule has 1 N–H and O–H groups in total. The minimum atomic E-state index is -0.0268. The molecule has 0 bridgehead atoms. The summed E-state index contributed by atoms with van der Waals surface area (Å²) in [7, 11) is 0. The van der Waals surface area contributed by atoms with Gasteiger partial charge in [-0.05, 0) is 38.5 Å². The lowest BCUT2D eigenvalue weighted by Gasteiger charge is -2.14. The first-order valence-electron chi connectivity index (χ1n) is 8.51. The number of nitrogens with one attached hydrogen (secondary N) is 1. The zero-order valence-corrected chi connectivity index (χ0v) is 16.0. The Kier molecular flexibility index (Phi) is 5.73. The summed E-state index contributed by atoms with van der Waals surface area (Å²) in [5.74, 6) is 1.07. The largest absolute Gasteiger partial charge is 0.349 e. The van der Waals surface area contributed by atoms with Crippen molar-refractivity contribution in [1.82, 2.24) is 20.1 Å². The molecule has 0 saturated heterocycles. The lowest BCUT2D eigenvalue weighted by Crippen LogP contribution is -2.28. The highest BCUT2D eigenvalue weighted by atomic mass is 32.2. The van der Waals surface area contributed by atoms with Crippen LogP contribution in [0.15, 0.2) is 59.8 Å². The van der Waals surface area contributed by atoms with Crippen LogP contribution in [0.5, 0.6) is 0 Å². The van der Waals surface area contributed by atoms with Crippen molar-refractivity contribution in [3.63, 3.8) is 0 Å². The third kappa shape index (κ3) is 4.32. The van der Waals surface area contributed by atoms with Crippen LogP contribution < -0.4 is 5.32 Å². The quantitative estimate of drug-likeness (QED) is 0.673. The summed E-state index contributed by atoms with van der Waals surface area (Å²) in [6, 6.07) is 18.1. The molecule has 6 heteroatoms. The Balaban J connectivity index is 1.65. The fraction of sp³-hybridized carbons (Fsp3) is 0.250. The van der Waals surface area contributed by atoms with Gasteiger partial charge in [-0.3, -0.25) is 9.36 Å². The van der Waals surface area contributed by atoms with Gasteiger partial charge in [-0.1, -0.05) is 59.8 Å². The molecule has 26 heavy (non-hydrogen) atoms. The Morgan fingerprint density at radius 3 is 2.46 bits per heavy atom. The molecule has 1 amide bonds. The molecule has 1 aromatic heterocycles. The maximum atomic E-state index is 12.3. The molecule has 0 spiro atoms. The zero-order valence-electron chi connectivity index (χ0n) is 15.1. The van der Waals surface area contributed by atoms with Crippen LogP contribution in [0.2, 0.25) is 0 Å². The molecule has 1 unspecified atom stereocenters. The summed E-state index contributed by atoms with van der Waals surface area (Å²) in [6.07, 6.45) is 0. The van der Waals surface area contributed by atoms with E-state index in [-0.39, 0.29) is 11.9 Å². The number of benzene rings is 2. The molecule has 0 aliphatic rings. The average molecular weight is 366 g/mol. The molecule has 0 saturated carbocycles. The maximum Gasteiger partial charge on any atom is 0.230 e. The van der Waals surface area contributed by atoms with E-state index in [0.717, 1.165) is 17.1 Å². The van der Waals surface area contributed by atoms with Gasteiger partial charge in [0.05, 0.1) is 11.8 Å². The van der Waals surface area contributed by atoms with E-state index >= 15 is 0 Å². The van der Waals surface area contributed by atoms with Crippen LogP contribution in [0.25, 0.3) is 5.69 Å². The topological polar surface area (TPSA) is 59.8 Å². The summed E-state index contributed by atoms with van der Waals surface area (Å²) >= 11 is 1.39. The van der Waals surface area contributed by atoms with Crippen molar-refractivity contribution in [2.24, 2.45) is 0 Å². The van der Waals surface area contributed by atoms with Gasteiger partial charge in [0.15, 0.2) is 5.16 Å². The third-order valence-electron chi connectivity index (χ3n) is 4.10. The van der Waals surface area contributed by atoms with Gasteiger partial charge in [-0.25, -0.2) is 0 Å². The Hall–Kier alpha value is -2.60. The number of aromatic nitrogens is 3. The number of hydrogen-bond acceptors (Lipinski definition) is 4. The molecule has 1 atom stereocenters. The van der Waals surface area contributed by atoms with E-state index in [9.17, 15) is 4.79 Å². The monoisotopic (exact) mass is 366 g/mol. The van der Waals surface area contributed by atoms with E-state index in [1.165, 1.54) is 17.3 Å². The molecule has 5 nitrogen and oxygen atoms in total. The normalized spacial score (nSPS) is 12.0. The van der Waals surface area contributed by atoms with E-state index in [1.807, 2.05) is 60.9 Å². The zero-order chi connectivity index (χ0) is 18.5. The third-order valence-corrected chi connectivity index (χ3v) is 5.03. The fourth-order valence-electron chi connectivity index (χ4n) is 2.67. The van der Waals surface area contributed by atoms with Crippen molar-refractivity contribution in [3.8, 4) is 5.69 Å². The molecule has 3 aromatic rings. The van der Waals surface area contributed by atoms with Gasteiger partial charge >= 0.3 is 0 Å². The average Bonchev–Trinajstić information content (AvgIpc) is 3.02. The Labute approximate surface area is 157 Å². The van der Waals surface area contributed by atoms with Gasteiger partial charge < -0.3 is 5.32 Å². The number of rotatable bonds is 6. The molecular formula is C20H22N4OS. The molecule has 0 radical (unpaired) electrons. The minimum Gasteiger partial charge on any atom is -0.349 e. The Morgan fingerprint density at radius 2 is 1.77 bits per heavy atom. The summed E-state index contributed by atoms with van der Waals surface area (Å²) in [4.78, 5) is 12.3. The van der Waals surface area contributed by atoms with E-state index in [4.69, 9.17) is 0 Å². The van der Waals surface area contributed by atoms with Gasteiger partial charge in [0.25, 0.3) is 0 Å². The fourth-order valence-corrected chi connectivity index (χ4v) is 3.47. The number of hydrogen-bond donors (Lipinski definition) is 1. The van der Waals surface area contributed by atoms with E-state index in [2.05, 4.69) is 34.6 Å². The van der Waals surface area contributed by atoms with Crippen LogP contribution in [0, 0.1) is 13.8 Å². The first kappa shape index (κ1) is 18.2. The highest BCUT2D eigenvalue weighted by Gasteiger charge is 2.15. The molecule has 3 rings (SSSR count). The van der Waals surface area contributed by atoms with Crippen LogP contribution in [-0.4, -0.2) is 26.4 Å². The van der Waals surface area contributed by atoms with Crippen molar-refractivity contribution in [3.05, 3.63) is 71.5 Å². The van der Waals surface area contributed by atoms with Crippen molar-refractivity contribution in [2.75, 3.05) is 5.75 Å². The summed E-state index contributed by atoms with van der Waals surface area (Å²) in [5, 5.41) is 12.1. The molecular weight excluding hydrogens is 344 g/mol. The highest BCUT2D eigenvalue weighted by Crippen LogP contribution is 2.22. The second-order valence-electron chi connectivity index (χ2n) is 6.19. The summed E-state index contributed by atoms with van der Waals surface area (Å²) in [5.41, 5.74) is 3.28. The molecule has 0 aliphatic carbocycles. The van der Waals surface area contributed by atoms with E-state index in [0.29, 0.717) is 10.9 Å². The van der Waals surface area contributed by atoms with Crippen LogP contribution in [0.1, 0.15) is 29.9 Å². The van der Waals surface area contributed by atoms with Gasteiger partial charge in [0, 0.05) is 5.69 Å². The standard InChI is InChI=1S/C20H22N4OS/c1-14-9-11-18(12-10-14)24-16(3)22-23-20(24)26-13-19(25)21-15(2)17-7-5-4-6-8-17/h4-12,15H,13H2,1-3H3,(H,21,25). The molecule has 2 aromatic carbocycles. The lowest BCUT2D eigenvalue weighted by molar-refractivity contribution is -0.119. The second kappa shape index (κ2) is 8.19. The van der Waals surface area contributed by atoms with Crippen LogP contribution in [0.3, 0.4) is 0 Å². The van der Waals surface area contributed by atoms with Gasteiger partial charge in [0.2, 0.25) is 5.91 Å².